The van der Waals surface area contributed by atoms with Crippen LogP contribution >= 0.6 is 16.1 Å². The summed E-state index contributed by atoms with van der Waals surface area (Å²) < 4.78 is 7.56. The number of ether oxygens (including phenoxy) is 1. The zero-order chi connectivity index (χ0) is 20.3. The van der Waals surface area contributed by atoms with E-state index < -0.39 is 6.10 Å². The Morgan fingerprint density at radius 2 is 2.07 bits per heavy atom. The Balaban J connectivity index is 2.52. The molecule has 0 aromatic heterocycles. The van der Waals surface area contributed by atoms with Gasteiger partial charge in [-0.25, -0.2) is 3.93 Å². The molecular formula is C20H31BrN2O4. The maximum absolute atomic E-state index is 12.0. The van der Waals surface area contributed by atoms with E-state index >= 15 is 0 Å². The number of rotatable bonds is 6. The number of aliphatic hydroxyl groups is 1. The molecular weight excluding hydrogens is 412 g/mol. The van der Waals surface area contributed by atoms with Crippen molar-refractivity contribution in [1.29, 1.82) is 0 Å². The van der Waals surface area contributed by atoms with Crippen LogP contribution in [0.4, 0.5) is 5.69 Å². The van der Waals surface area contributed by atoms with E-state index in [4.69, 9.17) is 10.5 Å². The number of hydrogen-bond donors (Lipinski definition) is 3. The first-order chi connectivity index (χ1) is 12.7. The summed E-state index contributed by atoms with van der Waals surface area (Å²) in [4.78, 5) is 12.0. The fourth-order valence-corrected chi connectivity index (χ4v) is 4.22. The number of amides is 1. The van der Waals surface area contributed by atoms with Crippen molar-refractivity contribution in [1.82, 2.24) is 0 Å². The molecule has 1 fully saturated rings. The Bertz CT molecular complexity index is 668. The molecule has 1 aliphatic carbocycles. The number of carbonyl (C=O) groups excluding carboxylic acids is 1. The number of anilines is 1. The molecule has 4 atom stereocenters. The minimum Gasteiger partial charge on any atom is -0.504 e. The van der Waals surface area contributed by atoms with Crippen LogP contribution in [0.25, 0.3) is 0 Å². The van der Waals surface area contributed by atoms with Crippen molar-refractivity contribution in [2.45, 2.75) is 59.2 Å². The maximum Gasteiger partial charge on any atom is 0.234 e. The topological polar surface area (TPSA) is 96.0 Å². The molecule has 1 amide bonds. The highest BCUT2D eigenvalue weighted by Crippen LogP contribution is 2.46. The molecule has 0 bridgehead atoms. The van der Waals surface area contributed by atoms with Gasteiger partial charge in [-0.1, -0.05) is 33.3 Å². The fraction of sp³-hybridized carbons (Fsp3) is 0.650. The molecule has 0 radical (unpaired) electrons. The van der Waals surface area contributed by atoms with E-state index in [2.05, 4.69) is 36.9 Å². The Hall–Kier alpha value is -1.31. The third-order valence-corrected chi connectivity index (χ3v) is 6.28. The second-order valence-electron chi connectivity index (χ2n) is 7.89. The van der Waals surface area contributed by atoms with Crippen LogP contribution in [0.3, 0.4) is 0 Å². The van der Waals surface area contributed by atoms with Crippen molar-refractivity contribution in [3.05, 3.63) is 17.7 Å². The predicted molar refractivity (Wildman–Crippen MR) is 110 cm³/mol. The highest BCUT2D eigenvalue weighted by molar-refractivity contribution is 9.10. The van der Waals surface area contributed by atoms with Gasteiger partial charge in [0.15, 0.2) is 11.5 Å². The fourth-order valence-electron chi connectivity index (χ4n) is 3.85. The Morgan fingerprint density at radius 1 is 1.41 bits per heavy atom. The van der Waals surface area contributed by atoms with Gasteiger partial charge in [-0.15, -0.1) is 0 Å². The van der Waals surface area contributed by atoms with Crippen molar-refractivity contribution in [2.24, 2.45) is 23.5 Å². The number of halogens is 1. The Morgan fingerprint density at radius 3 is 2.63 bits per heavy atom. The highest BCUT2D eigenvalue weighted by atomic mass is 79.9. The quantitative estimate of drug-likeness (QED) is 0.580. The molecule has 1 aromatic rings. The van der Waals surface area contributed by atoms with Crippen LogP contribution in [0.15, 0.2) is 12.1 Å². The number of aromatic hydroxyl groups is 1. The summed E-state index contributed by atoms with van der Waals surface area (Å²) in [7, 11) is 0. The van der Waals surface area contributed by atoms with Crippen LogP contribution in [0.5, 0.6) is 11.5 Å². The molecule has 1 aliphatic rings. The van der Waals surface area contributed by atoms with Crippen molar-refractivity contribution in [3.63, 3.8) is 0 Å². The first kappa shape index (κ1) is 22.0. The minimum absolute atomic E-state index is 0.00889. The lowest BCUT2D eigenvalue weighted by molar-refractivity contribution is -0.115. The second-order valence-corrected chi connectivity index (χ2v) is 8.59. The van der Waals surface area contributed by atoms with Gasteiger partial charge in [0, 0.05) is 19.0 Å². The zero-order valence-electron chi connectivity index (χ0n) is 16.5. The van der Waals surface area contributed by atoms with Crippen LogP contribution < -0.4 is 14.4 Å². The van der Waals surface area contributed by atoms with E-state index in [9.17, 15) is 15.0 Å². The molecule has 1 aromatic carbocycles. The third-order valence-electron chi connectivity index (χ3n) is 5.43. The number of carbonyl (C=O) groups is 1. The molecule has 2 rings (SSSR count). The van der Waals surface area contributed by atoms with Crippen LogP contribution in [0.2, 0.25) is 0 Å². The van der Waals surface area contributed by atoms with Gasteiger partial charge in [0.2, 0.25) is 5.91 Å². The number of phenolic OH excluding ortho intramolecular Hbond substituents is 1. The summed E-state index contributed by atoms with van der Waals surface area (Å²) in [5, 5.41) is 20.8. The number of hydrogen-bond acceptors (Lipinski definition) is 5. The van der Waals surface area contributed by atoms with Gasteiger partial charge in [0.1, 0.15) is 11.8 Å². The zero-order valence-corrected chi connectivity index (χ0v) is 18.1. The Labute approximate surface area is 170 Å². The second kappa shape index (κ2) is 9.26. The number of aliphatic hydroxyl groups excluding tert-OH is 1. The molecule has 6 nitrogen and oxygen atoms in total. The van der Waals surface area contributed by atoms with Gasteiger partial charge in [-0.2, -0.15) is 0 Å². The summed E-state index contributed by atoms with van der Waals surface area (Å²) >= 11 is 3.25. The third kappa shape index (κ3) is 4.95. The number of nitrogens with zero attached hydrogens (tertiary/aromatic N) is 1. The number of benzene rings is 1. The molecule has 4 N–H and O–H groups in total. The first-order valence-electron chi connectivity index (χ1n) is 9.54. The molecule has 7 heteroatoms. The van der Waals surface area contributed by atoms with Gasteiger partial charge in [-0.05, 0) is 36.7 Å². The first-order valence-corrected chi connectivity index (χ1v) is 10.2. The summed E-state index contributed by atoms with van der Waals surface area (Å²) in [5.74, 6) is 1.17. The Kier molecular flexibility index (Phi) is 7.54. The number of nitrogens with two attached hydrogens (primary N) is 1. The summed E-state index contributed by atoms with van der Waals surface area (Å²) in [6.07, 6.45) is 2.05. The SMILES string of the molecule is CC(=O)N(Br)c1c(C(O)CN)ccc(O)c1OC1CC(C)CCC1C(C)C. The average molecular weight is 443 g/mol. The molecule has 1 saturated carbocycles. The average Bonchev–Trinajstić information content (AvgIpc) is 2.61. The van der Waals surface area contributed by atoms with E-state index in [0.717, 1.165) is 19.3 Å². The largest absolute Gasteiger partial charge is 0.504 e. The lowest BCUT2D eigenvalue weighted by Crippen LogP contribution is -2.37. The van der Waals surface area contributed by atoms with Gasteiger partial charge < -0.3 is 20.7 Å². The van der Waals surface area contributed by atoms with Gasteiger partial charge in [-0.3, -0.25) is 4.79 Å². The van der Waals surface area contributed by atoms with Gasteiger partial charge in [0.05, 0.1) is 22.3 Å². The van der Waals surface area contributed by atoms with Crippen LogP contribution in [-0.2, 0) is 4.79 Å². The lowest BCUT2D eigenvalue weighted by atomic mass is 9.75. The van der Waals surface area contributed by atoms with E-state index in [1.807, 2.05) is 0 Å². The lowest BCUT2D eigenvalue weighted by Gasteiger charge is -2.38. The molecule has 0 saturated heterocycles. The van der Waals surface area contributed by atoms with E-state index in [-0.39, 0.29) is 30.1 Å². The molecule has 0 spiro atoms. The highest BCUT2D eigenvalue weighted by Gasteiger charge is 2.35. The maximum atomic E-state index is 12.0. The monoisotopic (exact) mass is 442 g/mol. The molecule has 4 unspecified atom stereocenters. The summed E-state index contributed by atoms with van der Waals surface area (Å²) in [5.41, 5.74) is 6.37. The van der Waals surface area contributed by atoms with Crippen molar-refractivity contribution >= 4 is 27.7 Å². The smallest absolute Gasteiger partial charge is 0.234 e. The minimum atomic E-state index is -0.978. The summed E-state index contributed by atoms with van der Waals surface area (Å²) in [6.45, 7) is 7.94. The van der Waals surface area contributed by atoms with Crippen molar-refractivity contribution in [3.8, 4) is 11.5 Å². The van der Waals surface area contributed by atoms with Crippen molar-refractivity contribution < 1.29 is 19.7 Å². The van der Waals surface area contributed by atoms with Crippen LogP contribution in [-0.4, -0.2) is 28.8 Å². The van der Waals surface area contributed by atoms with Gasteiger partial charge in [0.25, 0.3) is 0 Å². The van der Waals surface area contributed by atoms with Crippen molar-refractivity contribution in [2.75, 3.05) is 10.5 Å². The van der Waals surface area contributed by atoms with E-state index in [1.165, 1.54) is 16.9 Å². The van der Waals surface area contributed by atoms with E-state index in [0.29, 0.717) is 29.0 Å². The molecule has 152 valence electrons. The molecule has 0 heterocycles. The normalized spacial score (nSPS) is 23.9. The number of phenols is 1. The van der Waals surface area contributed by atoms with Crippen LogP contribution in [0.1, 0.15) is 58.6 Å². The standard InChI is InChI=1S/C20H31BrN2O4/c1-11(2)14-6-5-12(3)9-18(14)27-20-16(25)8-7-15(17(26)10-22)19(20)23(21)13(4)24/h7-8,11-12,14,17-18,25-26H,5-6,9-10,22H2,1-4H3. The molecule has 0 aliphatic heterocycles. The van der Waals surface area contributed by atoms with Gasteiger partial charge >= 0.3 is 0 Å². The summed E-state index contributed by atoms with van der Waals surface area (Å²) in [6, 6.07) is 3.04. The van der Waals surface area contributed by atoms with E-state index in [1.54, 1.807) is 6.07 Å². The predicted octanol–water partition coefficient (Wildman–Crippen LogP) is 3.89. The molecule has 27 heavy (non-hydrogen) atoms. The van der Waals surface area contributed by atoms with Crippen LogP contribution in [0, 0.1) is 17.8 Å².